The van der Waals surface area contributed by atoms with Crippen molar-refractivity contribution in [2.75, 3.05) is 6.26 Å². The van der Waals surface area contributed by atoms with Crippen LogP contribution in [0.3, 0.4) is 0 Å². The van der Waals surface area contributed by atoms with Gasteiger partial charge in [0, 0.05) is 17.8 Å². The van der Waals surface area contributed by atoms with E-state index in [1.54, 1.807) is 30.5 Å². The first-order valence-electron chi connectivity index (χ1n) is 7.81. The minimum Gasteiger partial charge on any atom is -0.612 e. The molecular weight excluding hydrogens is 326 g/mol. The first kappa shape index (κ1) is 16.8. The molecule has 0 amide bonds. The van der Waals surface area contributed by atoms with Crippen LogP contribution in [0.4, 0.5) is 0 Å². The van der Waals surface area contributed by atoms with Gasteiger partial charge in [0.1, 0.15) is 6.26 Å². The van der Waals surface area contributed by atoms with E-state index in [0.717, 1.165) is 12.0 Å². The lowest BCUT2D eigenvalue weighted by atomic mass is 9.96. The maximum atomic E-state index is 12.9. The molecule has 0 bridgehead atoms. The fourth-order valence-corrected chi connectivity index (χ4v) is 3.85. The lowest BCUT2D eigenvalue weighted by molar-refractivity contribution is -0.139. The molecule has 1 aromatic heterocycles. The number of hydrogen-bond donors (Lipinski definition) is 1. The number of aromatic nitrogens is 1. The second-order valence-electron chi connectivity index (χ2n) is 6.09. The summed E-state index contributed by atoms with van der Waals surface area (Å²) in [5.74, 6) is -1.52. The number of carboxylic acids is 1. The second-order valence-corrected chi connectivity index (χ2v) is 7.47. The van der Waals surface area contributed by atoms with Crippen LogP contribution in [0, 0.1) is 6.92 Å². The molecule has 5 nitrogen and oxygen atoms in total. The van der Waals surface area contributed by atoms with Crippen LogP contribution in [0.2, 0.25) is 0 Å². The molecule has 1 N–H and O–H groups in total. The van der Waals surface area contributed by atoms with Gasteiger partial charge >= 0.3 is 5.97 Å². The predicted octanol–water partition coefficient (Wildman–Crippen LogP) is 2.73. The molecule has 3 rings (SSSR count). The van der Waals surface area contributed by atoms with Crippen molar-refractivity contribution in [3.63, 3.8) is 0 Å². The van der Waals surface area contributed by atoms with Crippen molar-refractivity contribution in [3.05, 3.63) is 52.8 Å². The Hall–Kier alpha value is -2.05. The third-order valence-corrected chi connectivity index (χ3v) is 5.45. The molecule has 2 unspecified atom stereocenters. The van der Waals surface area contributed by atoms with Crippen LogP contribution >= 0.6 is 0 Å². The summed E-state index contributed by atoms with van der Waals surface area (Å²) >= 11 is -1.09. The van der Waals surface area contributed by atoms with Crippen LogP contribution in [-0.4, -0.2) is 32.2 Å². The van der Waals surface area contributed by atoms with Crippen LogP contribution in [0.5, 0.6) is 0 Å². The lowest BCUT2D eigenvalue weighted by Crippen LogP contribution is -2.24. The highest BCUT2D eigenvalue weighted by molar-refractivity contribution is 7.90. The van der Waals surface area contributed by atoms with Gasteiger partial charge in [-0.1, -0.05) is 0 Å². The van der Waals surface area contributed by atoms with Crippen molar-refractivity contribution >= 4 is 22.9 Å². The maximum absolute atomic E-state index is 12.9. The summed E-state index contributed by atoms with van der Waals surface area (Å²) in [6.07, 6.45) is 2.94. The lowest BCUT2D eigenvalue weighted by Gasteiger charge is -2.23. The van der Waals surface area contributed by atoms with Crippen LogP contribution in [0.1, 0.15) is 46.1 Å². The number of aryl methyl sites for hydroxylation is 1. The molecule has 24 heavy (non-hydrogen) atoms. The van der Waals surface area contributed by atoms with Gasteiger partial charge in [-0.05, 0) is 66.8 Å². The number of hydrogen-bond acceptors (Lipinski definition) is 3. The van der Waals surface area contributed by atoms with Crippen molar-refractivity contribution in [1.82, 2.24) is 4.57 Å². The van der Waals surface area contributed by atoms with Crippen molar-refractivity contribution in [2.24, 2.45) is 0 Å². The topological polar surface area (TPSA) is 82.4 Å². The number of carboxylic acid groups (broad SMARTS) is 1. The number of rotatable bonds is 4. The molecule has 0 spiro atoms. The fourth-order valence-electron chi connectivity index (χ4n) is 3.33. The molecule has 0 saturated heterocycles. The minimum absolute atomic E-state index is 0.127. The minimum atomic E-state index is -1.09. The van der Waals surface area contributed by atoms with Crippen molar-refractivity contribution in [2.45, 2.75) is 37.1 Å². The number of aliphatic carboxylic acids is 1. The van der Waals surface area contributed by atoms with Gasteiger partial charge < -0.3 is 14.2 Å². The molecule has 0 saturated carbocycles. The first-order valence-corrected chi connectivity index (χ1v) is 9.37. The van der Waals surface area contributed by atoms with E-state index in [2.05, 4.69) is 0 Å². The second kappa shape index (κ2) is 6.45. The van der Waals surface area contributed by atoms with E-state index in [9.17, 15) is 19.2 Å². The molecular formula is C18H19NO4S. The predicted molar refractivity (Wildman–Crippen MR) is 91.0 cm³/mol. The zero-order valence-electron chi connectivity index (χ0n) is 13.6. The molecule has 0 radical (unpaired) electrons. The Kier molecular flexibility index (Phi) is 4.51. The fraction of sp³-hybridized carbons (Fsp3) is 0.333. The van der Waals surface area contributed by atoms with Crippen LogP contribution in [0.15, 0.2) is 35.2 Å². The Balaban J connectivity index is 2.00. The maximum Gasteiger partial charge on any atom is 0.312 e. The number of carbonyl (C=O) groups excluding carboxylic acids is 1. The highest BCUT2D eigenvalue weighted by atomic mass is 32.2. The number of carbonyl (C=O) groups is 2. The summed E-state index contributed by atoms with van der Waals surface area (Å²) in [7, 11) is 0. The molecule has 126 valence electrons. The molecule has 2 heterocycles. The normalized spacial score (nSPS) is 18.0. The number of fused-ring (bicyclic) bond motifs is 1. The van der Waals surface area contributed by atoms with Crippen molar-refractivity contribution in [3.8, 4) is 0 Å². The molecule has 2 aromatic rings. The van der Waals surface area contributed by atoms with E-state index in [0.29, 0.717) is 34.8 Å². The largest absolute Gasteiger partial charge is 0.612 e. The Morgan fingerprint density at radius 1 is 1.29 bits per heavy atom. The van der Waals surface area contributed by atoms with E-state index in [1.165, 1.54) is 0 Å². The van der Waals surface area contributed by atoms with Gasteiger partial charge in [-0.25, -0.2) is 0 Å². The van der Waals surface area contributed by atoms with Gasteiger partial charge in [-0.15, -0.1) is 0 Å². The molecule has 0 fully saturated rings. The molecule has 1 aromatic carbocycles. The molecule has 2 atom stereocenters. The van der Waals surface area contributed by atoms with Crippen LogP contribution in [0.25, 0.3) is 0 Å². The summed E-state index contributed by atoms with van der Waals surface area (Å²) in [6, 6.07) is 8.56. The van der Waals surface area contributed by atoms with E-state index in [-0.39, 0.29) is 5.78 Å². The van der Waals surface area contributed by atoms with Gasteiger partial charge in [0.2, 0.25) is 5.78 Å². The van der Waals surface area contributed by atoms with E-state index in [1.807, 2.05) is 17.6 Å². The third kappa shape index (κ3) is 2.87. The molecule has 6 heteroatoms. The standard InChI is InChI=1S/C18H19NO4S/c1-11-10-15-14(18(21)22)4-3-9-19(15)16(11)17(20)12-5-7-13(8-6-12)24(2)23/h5-8,10,14H,3-4,9H2,1-2H3,(H,21,22). The first-order chi connectivity index (χ1) is 11.4. The van der Waals surface area contributed by atoms with E-state index >= 15 is 0 Å². The van der Waals surface area contributed by atoms with E-state index in [4.69, 9.17) is 0 Å². The van der Waals surface area contributed by atoms with E-state index < -0.39 is 23.1 Å². The average molecular weight is 345 g/mol. The summed E-state index contributed by atoms with van der Waals surface area (Å²) in [5, 5.41) is 9.40. The summed E-state index contributed by atoms with van der Waals surface area (Å²) in [4.78, 5) is 25.0. The van der Waals surface area contributed by atoms with Gasteiger partial charge in [0.05, 0.1) is 11.6 Å². The highest BCUT2D eigenvalue weighted by Gasteiger charge is 2.31. The van der Waals surface area contributed by atoms with Crippen molar-refractivity contribution in [1.29, 1.82) is 0 Å². The van der Waals surface area contributed by atoms with Crippen LogP contribution < -0.4 is 0 Å². The number of benzene rings is 1. The average Bonchev–Trinajstić information content (AvgIpc) is 2.89. The SMILES string of the molecule is Cc1cc2n(c1C(=O)c1ccc([S+](C)[O-])cc1)CCCC2C(=O)O. The van der Waals surface area contributed by atoms with Gasteiger partial charge in [0.25, 0.3) is 0 Å². The monoisotopic (exact) mass is 345 g/mol. The smallest absolute Gasteiger partial charge is 0.312 e. The Morgan fingerprint density at radius 2 is 1.96 bits per heavy atom. The van der Waals surface area contributed by atoms with Crippen molar-refractivity contribution < 1.29 is 19.2 Å². The summed E-state index contributed by atoms with van der Waals surface area (Å²) in [5.41, 5.74) is 2.58. The summed E-state index contributed by atoms with van der Waals surface area (Å²) < 4.78 is 13.3. The van der Waals surface area contributed by atoms with Gasteiger partial charge in [-0.2, -0.15) is 0 Å². The Morgan fingerprint density at radius 3 is 2.54 bits per heavy atom. The quantitative estimate of drug-likeness (QED) is 0.682. The van der Waals surface area contributed by atoms with Gasteiger partial charge in [0.15, 0.2) is 4.90 Å². The zero-order chi connectivity index (χ0) is 17.4. The van der Waals surface area contributed by atoms with Gasteiger partial charge in [-0.3, -0.25) is 9.59 Å². The molecule has 0 aliphatic carbocycles. The summed E-state index contributed by atoms with van der Waals surface area (Å²) in [6.45, 7) is 2.50. The highest BCUT2D eigenvalue weighted by Crippen LogP contribution is 2.32. The molecule has 1 aliphatic heterocycles. The molecule has 1 aliphatic rings. The zero-order valence-corrected chi connectivity index (χ0v) is 14.4. The number of ketones is 1. The Bertz CT molecular complexity index is 792. The van der Waals surface area contributed by atoms with Crippen LogP contribution in [-0.2, 0) is 22.5 Å². The number of nitrogens with zero attached hydrogens (tertiary/aromatic N) is 1. The Labute approximate surface area is 143 Å². The third-order valence-electron chi connectivity index (χ3n) is 4.51.